The van der Waals surface area contributed by atoms with Gasteiger partial charge in [-0.15, -0.1) is 11.3 Å². The van der Waals surface area contributed by atoms with Crippen molar-refractivity contribution in [2.75, 3.05) is 6.61 Å². The molecular weight excluding hydrogens is 258 g/mol. The van der Waals surface area contributed by atoms with E-state index in [4.69, 9.17) is 4.74 Å². The standard InChI is InChI=1S/C15H15NO2S/c17-15(10-11-4-3-9-19-11)16-13-7-8-18-14-6-2-1-5-12(13)14/h1-6,9,13H,7-8,10H2,(H,16,17)/t13-/m0/s1. The van der Waals surface area contributed by atoms with E-state index < -0.39 is 0 Å². The molecule has 1 aliphatic rings. The highest BCUT2D eigenvalue weighted by molar-refractivity contribution is 7.10. The predicted molar refractivity (Wildman–Crippen MR) is 75.5 cm³/mol. The molecule has 4 heteroatoms. The second-order valence-electron chi connectivity index (χ2n) is 4.55. The third-order valence-corrected chi connectivity index (χ3v) is 4.09. The third kappa shape index (κ3) is 2.79. The lowest BCUT2D eigenvalue weighted by molar-refractivity contribution is -0.121. The number of hydrogen-bond donors (Lipinski definition) is 1. The van der Waals surface area contributed by atoms with Gasteiger partial charge in [0.05, 0.1) is 19.1 Å². The number of para-hydroxylation sites is 1. The molecule has 3 nitrogen and oxygen atoms in total. The van der Waals surface area contributed by atoms with Crippen molar-refractivity contribution in [1.29, 1.82) is 0 Å². The van der Waals surface area contributed by atoms with Crippen molar-refractivity contribution in [3.63, 3.8) is 0 Å². The zero-order valence-electron chi connectivity index (χ0n) is 10.5. The Morgan fingerprint density at radius 3 is 3.05 bits per heavy atom. The molecular formula is C15H15NO2S. The molecule has 0 radical (unpaired) electrons. The second kappa shape index (κ2) is 5.45. The number of rotatable bonds is 3. The van der Waals surface area contributed by atoms with E-state index in [0.29, 0.717) is 13.0 Å². The van der Waals surface area contributed by atoms with Crippen molar-refractivity contribution in [3.05, 3.63) is 52.2 Å². The number of hydrogen-bond acceptors (Lipinski definition) is 3. The molecule has 1 N–H and O–H groups in total. The summed E-state index contributed by atoms with van der Waals surface area (Å²) in [7, 11) is 0. The molecule has 0 fully saturated rings. The van der Waals surface area contributed by atoms with Gasteiger partial charge in [-0.3, -0.25) is 4.79 Å². The first-order chi connectivity index (χ1) is 9.33. The SMILES string of the molecule is O=C(Cc1cccs1)N[C@H]1CCOc2ccccc21. The van der Waals surface area contributed by atoms with Crippen LogP contribution in [-0.4, -0.2) is 12.5 Å². The zero-order valence-corrected chi connectivity index (χ0v) is 11.3. The van der Waals surface area contributed by atoms with E-state index in [1.165, 1.54) is 0 Å². The van der Waals surface area contributed by atoms with Crippen LogP contribution in [0.5, 0.6) is 5.75 Å². The summed E-state index contributed by atoms with van der Waals surface area (Å²) in [4.78, 5) is 13.1. The van der Waals surface area contributed by atoms with Crippen molar-refractivity contribution in [2.45, 2.75) is 18.9 Å². The minimum Gasteiger partial charge on any atom is -0.493 e. The Kier molecular flexibility index (Phi) is 3.51. The van der Waals surface area contributed by atoms with E-state index >= 15 is 0 Å². The largest absolute Gasteiger partial charge is 0.493 e. The first-order valence-electron chi connectivity index (χ1n) is 6.36. The van der Waals surface area contributed by atoms with Crippen LogP contribution >= 0.6 is 11.3 Å². The van der Waals surface area contributed by atoms with Gasteiger partial charge in [0, 0.05) is 16.9 Å². The molecule has 0 unspecified atom stereocenters. The highest BCUT2D eigenvalue weighted by Crippen LogP contribution is 2.31. The highest BCUT2D eigenvalue weighted by atomic mass is 32.1. The van der Waals surface area contributed by atoms with Crippen LogP contribution in [0, 0.1) is 0 Å². The minimum atomic E-state index is 0.0670. The van der Waals surface area contributed by atoms with Gasteiger partial charge in [0.1, 0.15) is 5.75 Å². The molecule has 0 aliphatic carbocycles. The van der Waals surface area contributed by atoms with Crippen LogP contribution in [0.2, 0.25) is 0 Å². The normalized spacial score (nSPS) is 17.4. The summed E-state index contributed by atoms with van der Waals surface area (Å²) in [5.41, 5.74) is 1.08. The topological polar surface area (TPSA) is 38.3 Å². The van der Waals surface area contributed by atoms with Crippen LogP contribution in [0.3, 0.4) is 0 Å². The fourth-order valence-corrected chi connectivity index (χ4v) is 3.01. The van der Waals surface area contributed by atoms with Gasteiger partial charge in [-0.2, -0.15) is 0 Å². The number of fused-ring (bicyclic) bond motifs is 1. The van der Waals surface area contributed by atoms with Gasteiger partial charge in [-0.05, 0) is 17.5 Å². The fourth-order valence-electron chi connectivity index (χ4n) is 2.31. The Morgan fingerprint density at radius 2 is 2.21 bits per heavy atom. The monoisotopic (exact) mass is 273 g/mol. The van der Waals surface area contributed by atoms with Gasteiger partial charge in [0.15, 0.2) is 0 Å². The molecule has 1 aromatic carbocycles. The molecule has 19 heavy (non-hydrogen) atoms. The first-order valence-corrected chi connectivity index (χ1v) is 7.24. The van der Waals surface area contributed by atoms with Crippen molar-refractivity contribution in [2.24, 2.45) is 0 Å². The Bertz CT molecular complexity index is 565. The zero-order chi connectivity index (χ0) is 13.1. The van der Waals surface area contributed by atoms with E-state index in [1.54, 1.807) is 11.3 Å². The summed E-state index contributed by atoms with van der Waals surface area (Å²) in [6.07, 6.45) is 1.28. The van der Waals surface area contributed by atoms with Crippen molar-refractivity contribution in [3.8, 4) is 5.75 Å². The smallest absolute Gasteiger partial charge is 0.225 e. The van der Waals surface area contributed by atoms with E-state index in [2.05, 4.69) is 5.32 Å². The van der Waals surface area contributed by atoms with Crippen molar-refractivity contribution in [1.82, 2.24) is 5.32 Å². The van der Waals surface area contributed by atoms with E-state index in [1.807, 2.05) is 41.8 Å². The number of amides is 1. The van der Waals surface area contributed by atoms with Crippen LogP contribution in [0.1, 0.15) is 22.9 Å². The average molecular weight is 273 g/mol. The summed E-state index contributed by atoms with van der Waals surface area (Å²) in [6.45, 7) is 0.654. The van der Waals surface area contributed by atoms with Crippen LogP contribution in [0.4, 0.5) is 0 Å². The summed E-state index contributed by atoms with van der Waals surface area (Å²) < 4.78 is 5.59. The molecule has 1 aromatic heterocycles. The average Bonchev–Trinajstić information content (AvgIpc) is 2.92. The molecule has 0 spiro atoms. The Balaban J connectivity index is 1.69. The molecule has 0 saturated heterocycles. The second-order valence-corrected chi connectivity index (χ2v) is 5.58. The molecule has 0 bridgehead atoms. The van der Waals surface area contributed by atoms with Crippen LogP contribution in [0.15, 0.2) is 41.8 Å². The number of benzene rings is 1. The van der Waals surface area contributed by atoms with E-state index in [9.17, 15) is 4.79 Å². The molecule has 0 saturated carbocycles. The summed E-state index contributed by atoms with van der Waals surface area (Å²) in [5, 5.41) is 5.09. The Morgan fingerprint density at radius 1 is 1.32 bits per heavy atom. The fraction of sp³-hybridized carbons (Fsp3) is 0.267. The van der Waals surface area contributed by atoms with Gasteiger partial charge >= 0.3 is 0 Å². The summed E-state index contributed by atoms with van der Waals surface area (Å²) in [6, 6.07) is 11.9. The van der Waals surface area contributed by atoms with Crippen molar-refractivity contribution >= 4 is 17.2 Å². The van der Waals surface area contributed by atoms with Gasteiger partial charge in [0.2, 0.25) is 5.91 Å². The maximum absolute atomic E-state index is 12.0. The minimum absolute atomic E-state index is 0.0670. The molecule has 1 amide bonds. The number of carbonyl (C=O) groups excluding carboxylic acids is 1. The number of thiophene rings is 1. The van der Waals surface area contributed by atoms with Gasteiger partial charge in [-0.1, -0.05) is 24.3 Å². The first kappa shape index (κ1) is 12.2. The number of carbonyl (C=O) groups is 1. The molecule has 1 atom stereocenters. The van der Waals surface area contributed by atoms with Crippen LogP contribution in [-0.2, 0) is 11.2 Å². The lowest BCUT2D eigenvalue weighted by atomic mass is 10.0. The molecule has 2 heterocycles. The van der Waals surface area contributed by atoms with Crippen LogP contribution < -0.4 is 10.1 Å². The van der Waals surface area contributed by atoms with Gasteiger partial charge in [-0.25, -0.2) is 0 Å². The maximum Gasteiger partial charge on any atom is 0.225 e. The van der Waals surface area contributed by atoms with Crippen LogP contribution in [0.25, 0.3) is 0 Å². The third-order valence-electron chi connectivity index (χ3n) is 3.21. The number of nitrogens with one attached hydrogen (secondary N) is 1. The lowest BCUT2D eigenvalue weighted by Gasteiger charge is -2.26. The van der Waals surface area contributed by atoms with E-state index in [-0.39, 0.29) is 11.9 Å². The number of ether oxygens (including phenoxy) is 1. The highest BCUT2D eigenvalue weighted by Gasteiger charge is 2.22. The predicted octanol–water partition coefficient (Wildman–Crippen LogP) is 2.93. The summed E-state index contributed by atoms with van der Waals surface area (Å²) >= 11 is 1.61. The Hall–Kier alpha value is -1.81. The molecule has 3 rings (SSSR count). The lowest BCUT2D eigenvalue weighted by Crippen LogP contribution is -2.32. The van der Waals surface area contributed by atoms with Gasteiger partial charge < -0.3 is 10.1 Å². The van der Waals surface area contributed by atoms with Gasteiger partial charge in [0.25, 0.3) is 0 Å². The molecule has 2 aromatic rings. The molecule has 98 valence electrons. The van der Waals surface area contributed by atoms with E-state index in [0.717, 1.165) is 22.6 Å². The molecule has 1 aliphatic heterocycles. The quantitative estimate of drug-likeness (QED) is 0.933. The maximum atomic E-state index is 12.0. The van der Waals surface area contributed by atoms with Crippen molar-refractivity contribution < 1.29 is 9.53 Å². The summed E-state index contributed by atoms with van der Waals surface area (Å²) in [5.74, 6) is 0.958. The Labute approximate surface area is 116 Å².